The molecule has 2 aliphatic rings. The third-order valence-corrected chi connectivity index (χ3v) is 2.91. The van der Waals surface area contributed by atoms with Gasteiger partial charge in [0.05, 0.1) is 6.10 Å². The Hall–Kier alpha value is -0.570. The molecule has 2 atom stereocenters. The fourth-order valence-electron chi connectivity index (χ4n) is 1.70. The van der Waals surface area contributed by atoms with Crippen LogP contribution in [0.3, 0.4) is 0 Å². The van der Waals surface area contributed by atoms with Crippen molar-refractivity contribution < 1.29 is 9.90 Å². The Morgan fingerprint density at radius 3 is 2.42 bits per heavy atom. The molecule has 3 heteroatoms. The van der Waals surface area contributed by atoms with Gasteiger partial charge in [0.2, 0.25) is 5.91 Å². The molecule has 0 aromatic rings. The second kappa shape index (κ2) is 2.73. The standard InChI is InChI=1S/C9H15NO2/c1-5-2-8(5)9(12)10-6-3-7(11)4-6/h5-8,11H,2-4H2,1H3,(H,10,12). The first-order valence-electron chi connectivity index (χ1n) is 4.65. The molecule has 68 valence electrons. The van der Waals surface area contributed by atoms with Gasteiger partial charge >= 0.3 is 0 Å². The molecule has 2 fully saturated rings. The van der Waals surface area contributed by atoms with E-state index < -0.39 is 0 Å². The number of aliphatic hydroxyl groups is 1. The van der Waals surface area contributed by atoms with Crippen LogP contribution in [0.5, 0.6) is 0 Å². The van der Waals surface area contributed by atoms with E-state index in [1.807, 2.05) is 0 Å². The highest BCUT2D eigenvalue weighted by Crippen LogP contribution is 2.38. The zero-order valence-electron chi connectivity index (χ0n) is 7.29. The molecule has 1 amide bonds. The lowest BCUT2D eigenvalue weighted by Crippen LogP contribution is -2.47. The first kappa shape index (κ1) is 8.05. The average Bonchev–Trinajstić information content (AvgIpc) is 2.63. The number of rotatable bonds is 2. The van der Waals surface area contributed by atoms with Gasteiger partial charge in [-0.2, -0.15) is 0 Å². The van der Waals surface area contributed by atoms with Crippen LogP contribution in [0.1, 0.15) is 26.2 Å². The largest absolute Gasteiger partial charge is 0.393 e. The molecule has 0 aromatic carbocycles. The van der Waals surface area contributed by atoms with Crippen LogP contribution in [0, 0.1) is 11.8 Å². The van der Waals surface area contributed by atoms with Gasteiger partial charge in [-0.1, -0.05) is 6.92 Å². The highest BCUT2D eigenvalue weighted by Gasteiger charge is 2.41. The van der Waals surface area contributed by atoms with Crippen molar-refractivity contribution in [1.29, 1.82) is 0 Å². The molecule has 3 nitrogen and oxygen atoms in total. The van der Waals surface area contributed by atoms with E-state index in [1.165, 1.54) is 0 Å². The molecule has 2 N–H and O–H groups in total. The van der Waals surface area contributed by atoms with Crippen molar-refractivity contribution in [2.75, 3.05) is 0 Å². The van der Waals surface area contributed by atoms with Gasteiger partial charge in [0, 0.05) is 12.0 Å². The number of hydrogen-bond donors (Lipinski definition) is 2. The quantitative estimate of drug-likeness (QED) is 0.624. The highest BCUT2D eigenvalue weighted by atomic mass is 16.3. The molecule has 0 saturated heterocycles. The van der Waals surface area contributed by atoms with Crippen LogP contribution in [0.15, 0.2) is 0 Å². The zero-order valence-corrected chi connectivity index (χ0v) is 7.29. The molecular formula is C9H15NO2. The number of amides is 1. The first-order chi connectivity index (χ1) is 5.66. The minimum absolute atomic E-state index is 0.174. The van der Waals surface area contributed by atoms with Crippen LogP contribution >= 0.6 is 0 Å². The van der Waals surface area contributed by atoms with E-state index >= 15 is 0 Å². The Morgan fingerprint density at radius 1 is 1.42 bits per heavy atom. The predicted octanol–water partition coefficient (Wildman–Crippen LogP) is 0.282. The summed E-state index contributed by atoms with van der Waals surface area (Å²) >= 11 is 0. The van der Waals surface area contributed by atoms with E-state index in [0.29, 0.717) is 5.92 Å². The van der Waals surface area contributed by atoms with Crippen molar-refractivity contribution in [3.8, 4) is 0 Å². The number of nitrogens with one attached hydrogen (secondary N) is 1. The van der Waals surface area contributed by atoms with Crippen LogP contribution in [0.25, 0.3) is 0 Å². The Kier molecular flexibility index (Phi) is 1.83. The number of carbonyl (C=O) groups excluding carboxylic acids is 1. The summed E-state index contributed by atoms with van der Waals surface area (Å²) in [5.74, 6) is 1.04. The minimum atomic E-state index is -0.174. The second-order valence-electron chi connectivity index (χ2n) is 4.15. The Bertz CT molecular complexity index is 199. The van der Waals surface area contributed by atoms with Crippen LogP contribution in [0.4, 0.5) is 0 Å². The second-order valence-corrected chi connectivity index (χ2v) is 4.15. The van der Waals surface area contributed by atoms with E-state index in [4.69, 9.17) is 5.11 Å². The molecule has 0 radical (unpaired) electrons. The molecule has 12 heavy (non-hydrogen) atoms. The average molecular weight is 169 g/mol. The van der Waals surface area contributed by atoms with E-state index in [0.717, 1.165) is 19.3 Å². The third-order valence-electron chi connectivity index (χ3n) is 2.91. The lowest BCUT2D eigenvalue weighted by molar-refractivity contribution is -0.124. The van der Waals surface area contributed by atoms with Gasteiger partial charge in [-0.3, -0.25) is 4.79 Å². The van der Waals surface area contributed by atoms with Gasteiger partial charge in [-0.05, 0) is 25.2 Å². The Balaban J connectivity index is 1.70. The summed E-state index contributed by atoms with van der Waals surface area (Å²) < 4.78 is 0. The van der Waals surface area contributed by atoms with Crippen molar-refractivity contribution >= 4 is 5.91 Å². The molecule has 0 bridgehead atoms. The molecule has 0 heterocycles. The van der Waals surface area contributed by atoms with Gasteiger partial charge in [0.1, 0.15) is 0 Å². The Labute approximate surface area is 72.2 Å². The lowest BCUT2D eigenvalue weighted by Gasteiger charge is -2.32. The van der Waals surface area contributed by atoms with Crippen molar-refractivity contribution in [2.45, 2.75) is 38.3 Å². The number of aliphatic hydroxyl groups excluding tert-OH is 1. The van der Waals surface area contributed by atoms with Gasteiger partial charge in [0.25, 0.3) is 0 Å². The maximum absolute atomic E-state index is 11.3. The van der Waals surface area contributed by atoms with Crippen LogP contribution in [0.2, 0.25) is 0 Å². The maximum Gasteiger partial charge on any atom is 0.223 e. The van der Waals surface area contributed by atoms with Crippen molar-refractivity contribution in [2.24, 2.45) is 11.8 Å². The smallest absolute Gasteiger partial charge is 0.223 e. The van der Waals surface area contributed by atoms with Crippen molar-refractivity contribution in [1.82, 2.24) is 5.32 Å². The summed E-state index contributed by atoms with van der Waals surface area (Å²) in [4.78, 5) is 11.3. The lowest BCUT2D eigenvalue weighted by atomic mass is 9.89. The summed E-state index contributed by atoms with van der Waals surface area (Å²) in [5, 5.41) is 11.9. The Morgan fingerprint density at radius 2 is 2.00 bits per heavy atom. The minimum Gasteiger partial charge on any atom is -0.393 e. The maximum atomic E-state index is 11.3. The highest BCUT2D eigenvalue weighted by molar-refractivity contribution is 5.81. The monoisotopic (exact) mass is 169 g/mol. The van der Waals surface area contributed by atoms with Crippen molar-refractivity contribution in [3.63, 3.8) is 0 Å². The first-order valence-corrected chi connectivity index (χ1v) is 4.65. The SMILES string of the molecule is CC1CC1C(=O)NC1CC(O)C1. The van der Waals surface area contributed by atoms with Crippen LogP contribution < -0.4 is 5.32 Å². The van der Waals surface area contributed by atoms with Gasteiger partial charge in [-0.15, -0.1) is 0 Å². The number of carbonyl (C=O) groups is 1. The molecular weight excluding hydrogens is 154 g/mol. The van der Waals surface area contributed by atoms with E-state index in [2.05, 4.69) is 12.2 Å². The summed E-state index contributed by atoms with van der Waals surface area (Å²) in [6.45, 7) is 2.10. The molecule has 2 saturated carbocycles. The fraction of sp³-hybridized carbons (Fsp3) is 0.889. The molecule has 2 aliphatic carbocycles. The molecule has 0 spiro atoms. The summed E-state index contributed by atoms with van der Waals surface area (Å²) in [6, 6.07) is 0.250. The van der Waals surface area contributed by atoms with Gasteiger partial charge in [-0.25, -0.2) is 0 Å². The fourth-order valence-corrected chi connectivity index (χ4v) is 1.70. The summed E-state index contributed by atoms with van der Waals surface area (Å²) in [6.07, 6.45) is 2.35. The normalized spacial score (nSPS) is 44.8. The summed E-state index contributed by atoms with van der Waals surface area (Å²) in [5.41, 5.74) is 0. The van der Waals surface area contributed by atoms with E-state index in [1.54, 1.807) is 0 Å². The molecule has 2 rings (SSSR count). The van der Waals surface area contributed by atoms with Gasteiger partial charge in [0.15, 0.2) is 0 Å². The molecule has 0 aliphatic heterocycles. The third kappa shape index (κ3) is 1.46. The van der Waals surface area contributed by atoms with E-state index in [-0.39, 0.29) is 24.0 Å². The number of hydrogen-bond acceptors (Lipinski definition) is 2. The topological polar surface area (TPSA) is 49.3 Å². The zero-order chi connectivity index (χ0) is 8.72. The van der Waals surface area contributed by atoms with Gasteiger partial charge < -0.3 is 10.4 Å². The van der Waals surface area contributed by atoms with Crippen LogP contribution in [-0.2, 0) is 4.79 Å². The molecule has 0 aromatic heterocycles. The predicted molar refractivity (Wildman–Crippen MR) is 44.4 cm³/mol. The molecule has 2 unspecified atom stereocenters. The van der Waals surface area contributed by atoms with E-state index in [9.17, 15) is 4.79 Å². The van der Waals surface area contributed by atoms with Crippen LogP contribution in [-0.4, -0.2) is 23.2 Å². The van der Waals surface area contributed by atoms with Crippen molar-refractivity contribution in [3.05, 3.63) is 0 Å². The summed E-state index contributed by atoms with van der Waals surface area (Å²) in [7, 11) is 0.